The number of nitrogens with zero attached hydrogens (tertiary/aromatic N) is 1. The molecule has 2 unspecified atom stereocenters. The quantitative estimate of drug-likeness (QED) is 0.801. The monoisotopic (exact) mass is 290 g/mol. The molecule has 3 nitrogen and oxygen atoms in total. The molecule has 5 heteroatoms. The predicted molar refractivity (Wildman–Crippen MR) is 78.4 cm³/mol. The second-order valence-corrected chi connectivity index (χ2v) is 6.82. The van der Waals surface area contributed by atoms with Gasteiger partial charge in [-0.3, -0.25) is 4.79 Å². The summed E-state index contributed by atoms with van der Waals surface area (Å²) in [5, 5.41) is 3.64. The van der Waals surface area contributed by atoms with Crippen LogP contribution in [0.2, 0.25) is 0 Å². The van der Waals surface area contributed by atoms with Gasteiger partial charge in [0.05, 0.1) is 0 Å². The Kier molecular flexibility index (Phi) is 5.22. The van der Waals surface area contributed by atoms with E-state index >= 15 is 0 Å². The van der Waals surface area contributed by atoms with E-state index in [4.69, 9.17) is 0 Å². The van der Waals surface area contributed by atoms with Gasteiger partial charge in [0.15, 0.2) is 0 Å². The van der Waals surface area contributed by atoms with Crippen LogP contribution in [0.1, 0.15) is 32.1 Å². The summed E-state index contributed by atoms with van der Waals surface area (Å²) in [6.07, 6.45) is 5.93. The minimum Gasteiger partial charge on any atom is -0.341 e. The number of fused-ring (bicyclic) bond motifs is 2. The Bertz CT molecular complexity index is 297. The molecule has 18 heavy (non-hydrogen) atoms. The number of amides is 1. The van der Waals surface area contributed by atoms with Crippen molar-refractivity contribution in [2.75, 3.05) is 24.6 Å². The van der Waals surface area contributed by atoms with Crippen LogP contribution in [-0.2, 0) is 4.79 Å². The van der Waals surface area contributed by atoms with Gasteiger partial charge in [-0.15, -0.1) is 12.4 Å². The Morgan fingerprint density at radius 2 is 1.78 bits per heavy atom. The average molecular weight is 291 g/mol. The Balaban J connectivity index is 0.00000120. The Morgan fingerprint density at radius 3 is 2.56 bits per heavy atom. The molecule has 3 heterocycles. The maximum Gasteiger partial charge on any atom is 0.225 e. The number of likely N-dealkylation sites (tertiary alicyclic amines) is 1. The molecule has 0 aromatic carbocycles. The second kappa shape index (κ2) is 6.49. The zero-order valence-corrected chi connectivity index (χ0v) is 12.4. The molecular formula is C13H23ClN2OS. The van der Waals surface area contributed by atoms with Crippen molar-refractivity contribution < 1.29 is 4.79 Å². The van der Waals surface area contributed by atoms with E-state index in [1.54, 1.807) is 0 Å². The summed E-state index contributed by atoms with van der Waals surface area (Å²) in [6.45, 7) is 1.94. The van der Waals surface area contributed by atoms with Gasteiger partial charge in [-0.05, 0) is 43.6 Å². The van der Waals surface area contributed by atoms with Crippen molar-refractivity contribution in [3.05, 3.63) is 0 Å². The molecule has 1 amide bonds. The molecule has 3 fully saturated rings. The Morgan fingerprint density at radius 1 is 1.06 bits per heavy atom. The average Bonchev–Trinajstić information content (AvgIpc) is 2.69. The van der Waals surface area contributed by atoms with Gasteiger partial charge in [0.2, 0.25) is 5.91 Å². The van der Waals surface area contributed by atoms with Gasteiger partial charge in [-0.2, -0.15) is 11.8 Å². The molecule has 2 bridgehead atoms. The lowest BCUT2D eigenvalue weighted by Crippen LogP contribution is -2.42. The smallest absolute Gasteiger partial charge is 0.225 e. The highest BCUT2D eigenvalue weighted by Crippen LogP contribution is 2.27. The molecule has 104 valence electrons. The molecule has 2 atom stereocenters. The summed E-state index contributed by atoms with van der Waals surface area (Å²) in [4.78, 5) is 14.6. The van der Waals surface area contributed by atoms with Crippen molar-refractivity contribution in [2.45, 2.75) is 44.2 Å². The van der Waals surface area contributed by atoms with Gasteiger partial charge in [0, 0.05) is 31.1 Å². The standard InChI is InChI=1S/C13H22N2OS.ClH/c16-13(10-4-7-17-8-5-10)15-6-3-11-1-2-12(9-15)14-11;/h10-12,14H,1-9H2;1H. The second-order valence-electron chi connectivity index (χ2n) is 5.60. The van der Waals surface area contributed by atoms with Crippen LogP contribution in [0.3, 0.4) is 0 Å². The third-order valence-corrected chi connectivity index (χ3v) is 5.45. The first-order valence-corrected chi connectivity index (χ1v) is 8.11. The molecule has 0 radical (unpaired) electrons. The van der Waals surface area contributed by atoms with Gasteiger partial charge in [0.1, 0.15) is 0 Å². The van der Waals surface area contributed by atoms with Gasteiger partial charge in [-0.1, -0.05) is 0 Å². The number of carbonyl (C=O) groups is 1. The van der Waals surface area contributed by atoms with Crippen LogP contribution in [0, 0.1) is 5.92 Å². The van der Waals surface area contributed by atoms with Crippen molar-refractivity contribution in [1.82, 2.24) is 10.2 Å². The van der Waals surface area contributed by atoms with Crippen molar-refractivity contribution in [3.63, 3.8) is 0 Å². The largest absolute Gasteiger partial charge is 0.341 e. The first-order chi connectivity index (χ1) is 8.33. The van der Waals surface area contributed by atoms with E-state index in [2.05, 4.69) is 10.2 Å². The lowest BCUT2D eigenvalue weighted by molar-refractivity contribution is -0.136. The summed E-state index contributed by atoms with van der Waals surface area (Å²) < 4.78 is 0. The SMILES string of the molecule is Cl.O=C(C1CCSCC1)N1CCC2CCC(C1)N2. The van der Waals surface area contributed by atoms with Crippen molar-refractivity contribution in [2.24, 2.45) is 5.92 Å². The fraction of sp³-hybridized carbons (Fsp3) is 0.923. The number of hydrogen-bond donors (Lipinski definition) is 1. The summed E-state index contributed by atoms with van der Waals surface area (Å²) in [5.74, 6) is 3.12. The number of halogens is 1. The number of rotatable bonds is 1. The molecule has 0 aromatic heterocycles. The van der Waals surface area contributed by atoms with Crippen LogP contribution < -0.4 is 5.32 Å². The van der Waals surface area contributed by atoms with Gasteiger partial charge >= 0.3 is 0 Å². The van der Waals surface area contributed by atoms with E-state index < -0.39 is 0 Å². The first kappa shape index (κ1) is 14.5. The molecule has 3 aliphatic rings. The van der Waals surface area contributed by atoms with Crippen LogP contribution in [0.25, 0.3) is 0 Å². The van der Waals surface area contributed by atoms with E-state index in [1.807, 2.05) is 11.8 Å². The van der Waals surface area contributed by atoms with Gasteiger partial charge < -0.3 is 10.2 Å². The minimum atomic E-state index is 0. The van der Waals surface area contributed by atoms with Crippen molar-refractivity contribution in [1.29, 1.82) is 0 Å². The fourth-order valence-electron chi connectivity index (χ4n) is 3.35. The lowest BCUT2D eigenvalue weighted by Gasteiger charge is -2.30. The summed E-state index contributed by atoms with van der Waals surface area (Å²) in [6, 6.07) is 1.25. The summed E-state index contributed by atoms with van der Waals surface area (Å²) in [7, 11) is 0. The number of nitrogens with one attached hydrogen (secondary N) is 1. The van der Waals surface area contributed by atoms with E-state index in [0.717, 1.165) is 32.4 Å². The molecule has 3 rings (SSSR count). The third-order valence-electron chi connectivity index (χ3n) is 4.41. The first-order valence-electron chi connectivity index (χ1n) is 6.95. The highest BCUT2D eigenvalue weighted by atomic mass is 35.5. The number of hydrogen-bond acceptors (Lipinski definition) is 3. The maximum atomic E-state index is 12.5. The van der Waals surface area contributed by atoms with Crippen LogP contribution in [-0.4, -0.2) is 47.5 Å². The van der Waals surface area contributed by atoms with Gasteiger partial charge in [0.25, 0.3) is 0 Å². The molecule has 3 aliphatic heterocycles. The van der Waals surface area contributed by atoms with E-state index in [0.29, 0.717) is 23.9 Å². The lowest BCUT2D eigenvalue weighted by atomic mass is 9.99. The normalized spacial score (nSPS) is 32.8. The topological polar surface area (TPSA) is 32.3 Å². The number of thioether (sulfide) groups is 1. The number of carbonyl (C=O) groups excluding carboxylic acids is 1. The van der Waals surface area contributed by atoms with E-state index in [1.165, 1.54) is 24.3 Å². The Labute approximate surface area is 120 Å². The van der Waals surface area contributed by atoms with Crippen molar-refractivity contribution in [3.8, 4) is 0 Å². The summed E-state index contributed by atoms with van der Waals surface area (Å²) in [5.41, 5.74) is 0. The van der Waals surface area contributed by atoms with Crippen LogP contribution >= 0.6 is 24.2 Å². The molecule has 3 saturated heterocycles. The van der Waals surface area contributed by atoms with Crippen LogP contribution in [0.5, 0.6) is 0 Å². The zero-order valence-electron chi connectivity index (χ0n) is 10.8. The Hall–Kier alpha value is 0.0700. The minimum absolute atomic E-state index is 0. The zero-order chi connectivity index (χ0) is 11.7. The van der Waals surface area contributed by atoms with Gasteiger partial charge in [-0.25, -0.2) is 0 Å². The van der Waals surface area contributed by atoms with E-state index in [9.17, 15) is 4.79 Å². The highest BCUT2D eigenvalue weighted by molar-refractivity contribution is 7.99. The van der Waals surface area contributed by atoms with E-state index in [-0.39, 0.29) is 12.4 Å². The van der Waals surface area contributed by atoms with Crippen molar-refractivity contribution >= 4 is 30.1 Å². The molecule has 1 N–H and O–H groups in total. The molecular weight excluding hydrogens is 268 g/mol. The highest BCUT2D eigenvalue weighted by Gasteiger charge is 2.33. The molecule has 0 aliphatic carbocycles. The molecule has 0 spiro atoms. The van der Waals surface area contributed by atoms with Crippen LogP contribution in [0.4, 0.5) is 0 Å². The third kappa shape index (κ3) is 3.14. The molecule has 0 saturated carbocycles. The predicted octanol–water partition coefficient (Wildman–Crippen LogP) is 1.90. The summed E-state index contributed by atoms with van der Waals surface area (Å²) >= 11 is 2.00. The fourth-order valence-corrected chi connectivity index (χ4v) is 4.45. The maximum absolute atomic E-state index is 12.5. The van der Waals surface area contributed by atoms with Crippen LogP contribution in [0.15, 0.2) is 0 Å². The molecule has 0 aromatic rings.